The highest BCUT2D eigenvalue weighted by Crippen LogP contribution is 2.38. The molecule has 4 nitrogen and oxygen atoms in total. The van der Waals surface area contributed by atoms with Crippen molar-refractivity contribution >= 4 is 32.6 Å². The summed E-state index contributed by atoms with van der Waals surface area (Å²) in [5.74, 6) is 1.98. The van der Waals surface area contributed by atoms with E-state index in [9.17, 15) is 0 Å². The van der Waals surface area contributed by atoms with Gasteiger partial charge in [0.15, 0.2) is 17.5 Å². The first-order valence-corrected chi connectivity index (χ1v) is 13.1. The SMILES string of the molecule is c1ccc(-c2nc(-c3ccccc3)nc(-c3ccc(-n4c5cccc6ccc7cccc4c7c65)cc3)n2)cc1. The molecule has 0 unspecified atom stereocenters. The van der Waals surface area contributed by atoms with Gasteiger partial charge in [0.05, 0.1) is 11.0 Å². The van der Waals surface area contributed by atoms with E-state index in [0.717, 1.165) is 22.4 Å². The van der Waals surface area contributed by atoms with Gasteiger partial charge in [0.25, 0.3) is 0 Å². The summed E-state index contributed by atoms with van der Waals surface area (Å²) in [7, 11) is 0. The third kappa shape index (κ3) is 3.50. The summed E-state index contributed by atoms with van der Waals surface area (Å²) in [6, 6.07) is 46.2. The molecular weight excluding hydrogens is 476 g/mol. The van der Waals surface area contributed by atoms with Gasteiger partial charge in [-0.1, -0.05) is 97.1 Å². The fraction of sp³-hybridized carbons (Fsp3) is 0. The average molecular weight is 499 g/mol. The second-order valence-electron chi connectivity index (χ2n) is 9.74. The molecule has 0 saturated carbocycles. The molecule has 0 aliphatic carbocycles. The Balaban J connectivity index is 1.29. The molecule has 0 amide bonds. The molecule has 0 bridgehead atoms. The van der Waals surface area contributed by atoms with Crippen molar-refractivity contribution < 1.29 is 0 Å². The maximum Gasteiger partial charge on any atom is 0.164 e. The van der Waals surface area contributed by atoms with E-state index in [4.69, 9.17) is 15.0 Å². The minimum absolute atomic E-state index is 0.656. The zero-order valence-electron chi connectivity index (χ0n) is 21.0. The molecule has 39 heavy (non-hydrogen) atoms. The van der Waals surface area contributed by atoms with Crippen LogP contribution in [0.1, 0.15) is 0 Å². The van der Waals surface area contributed by atoms with Crippen LogP contribution in [0.3, 0.4) is 0 Å². The predicted octanol–water partition coefficient (Wildman–Crippen LogP) is 8.56. The number of aromatic nitrogens is 4. The van der Waals surface area contributed by atoms with Gasteiger partial charge in [0, 0.05) is 33.2 Å². The van der Waals surface area contributed by atoms with Crippen LogP contribution >= 0.6 is 0 Å². The van der Waals surface area contributed by atoms with Crippen LogP contribution in [-0.2, 0) is 0 Å². The van der Waals surface area contributed by atoms with Gasteiger partial charge in [-0.25, -0.2) is 15.0 Å². The van der Waals surface area contributed by atoms with Crippen LogP contribution in [0.25, 0.3) is 72.4 Å². The topological polar surface area (TPSA) is 43.6 Å². The zero-order chi connectivity index (χ0) is 25.8. The maximum atomic E-state index is 4.89. The minimum Gasteiger partial charge on any atom is -0.309 e. The molecule has 2 aromatic heterocycles. The Morgan fingerprint density at radius 1 is 0.359 bits per heavy atom. The Kier molecular flexibility index (Phi) is 4.79. The van der Waals surface area contributed by atoms with Crippen LogP contribution in [0.2, 0.25) is 0 Å². The quantitative estimate of drug-likeness (QED) is 0.228. The van der Waals surface area contributed by atoms with E-state index in [1.165, 1.54) is 32.6 Å². The van der Waals surface area contributed by atoms with Gasteiger partial charge in [-0.15, -0.1) is 0 Å². The molecular formula is C35H22N4. The van der Waals surface area contributed by atoms with Crippen molar-refractivity contribution in [3.63, 3.8) is 0 Å². The Morgan fingerprint density at radius 2 is 0.795 bits per heavy atom. The Labute approximate surface area is 225 Å². The first kappa shape index (κ1) is 21.7. The van der Waals surface area contributed by atoms with E-state index in [0.29, 0.717) is 17.5 Å². The molecule has 0 radical (unpaired) electrons. The lowest BCUT2D eigenvalue weighted by Crippen LogP contribution is -2.00. The molecule has 2 heterocycles. The summed E-state index contributed by atoms with van der Waals surface area (Å²) in [6.07, 6.45) is 0. The van der Waals surface area contributed by atoms with E-state index in [1.54, 1.807) is 0 Å². The van der Waals surface area contributed by atoms with Crippen molar-refractivity contribution in [2.24, 2.45) is 0 Å². The summed E-state index contributed by atoms with van der Waals surface area (Å²) in [5.41, 5.74) is 6.41. The van der Waals surface area contributed by atoms with Crippen LogP contribution < -0.4 is 0 Å². The summed E-state index contributed by atoms with van der Waals surface area (Å²) < 4.78 is 2.35. The van der Waals surface area contributed by atoms with Crippen molar-refractivity contribution in [3.05, 3.63) is 133 Å². The van der Waals surface area contributed by atoms with E-state index in [2.05, 4.69) is 77.4 Å². The number of benzene rings is 6. The van der Waals surface area contributed by atoms with Crippen LogP contribution in [0.15, 0.2) is 133 Å². The standard InChI is InChI=1S/C35H22N4/c1-3-9-25(10-4-1)33-36-34(26-11-5-2-6-12-26)38-35(37-33)27-19-21-28(22-20-27)39-29-15-7-13-23-17-18-24-14-8-16-30(39)32(24)31(23)29/h1-22H. The summed E-state index contributed by atoms with van der Waals surface area (Å²) in [5, 5.41) is 5.15. The molecule has 0 N–H and O–H groups in total. The van der Waals surface area contributed by atoms with Crippen LogP contribution in [0.5, 0.6) is 0 Å². The third-order valence-corrected chi connectivity index (χ3v) is 7.41. The molecule has 0 fully saturated rings. The second-order valence-corrected chi connectivity index (χ2v) is 9.74. The van der Waals surface area contributed by atoms with Gasteiger partial charge in [0.2, 0.25) is 0 Å². The van der Waals surface area contributed by atoms with Crippen molar-refractivity contribution in [3.8, 4) is 39.9 Å². The largest absolute Gasteiger partial charge is 0.309 e. The molecule has 0 spiro atoms. The van der Waals surface area contributed by atoms with Gasteiger partial charge >= 0.3 is 0 Å². The molecule has 8 rings (SSSR count). The minimum atomic E-state index is 0.656. The van der Waals surface area contributed by atoms with Crippen molar-refractivity contribution in [2.45, 2.75) is 0 Å². The highest BCUT2D eigenvalue weighted by molar-refractivity contribution is 6.24. The molecule has 0 aliphatic rings. The molecule has 0 atom stereocenters. The first-order chi connectivity index (χ1) is 19.3. The fourth-order valence-electron chi connectivity index (χ4n) is 5.59. The summed E-state index contributed by atoms with van der Waals surface area (Å²) in [4.78, 5) is 14.6. The summed E-state index contributed by atoms with van der Waals surface area (Å²) in [6.45, 7) is 0. The Hall–Kier alpha value is -5.35. The smallest absolute Gasteiger partial charge is 0.164 e. The van der Waals surface area contributed by atoms with Crippen molar-refractivity contribution in [1.82, 2.24) is 19.5 Å². The van der Waals surface area contributed by atoms with Gasteiger partial charge in [-0.05, 0) is 47.2 Å². The average Bonchev–Trinajstić information content (AvgIpc) is 3.36. The number of hydrogen-bond donors (Lipinski definition) is 0. The summed E-state index contributed by atoms with van der Waals surface area (Å²) >= 11 is 0. The maximum absolute atomic E-state index is 4.89. The van der Waals surface area contributed by atoms with Crippen LogP contribution in [-0.4, -0.2) is 19.5 Å². The fourth-order valence-corrected chi connectivity index (χ4v) is 5.59. The highest BCUT2D eigenvalue weighted by atomic mass is 15.0. The lowest BCUT2D eigenvalue weighted by molar-refractivity contribution is 1.07. The van der Waals surface area contributed by atoms with Crippen molar-refractivity contribution in [1.29, 1.82) is 0 Å². The molecule has 6 aromatic carbocycles. The van der Waals surface area contributed by atoms with Crippen LogP contribution in [0, 0.1) is 0 Å². The zero-order valence-corrected chi connectivity index (χ0v) is 21.0. The molecule has 0 saturated heterocycles. The second kappa shape index (κ2) is 8.61. The Morgan fingerprint density at radius 3 is 1.26 bits per heavy atom. The predicted molar refractivity (Wildman–Crippen MR) is 159 cm³/mol. The van der Waals surface area contributed by atoms with Gasteiger partial charge < -0.3 is 4.57 Å². The van der Waals surface area contributed by atoms with Crippen molar-refractivity contribution in [2.75, 3.05) is 0 Å². The number of nitrogens with zero attached hydrogens (tertiary/aromatic N) is 4. The molecule has 4 heteroatoms. The van der Waals surface area contributed by atoms with E-state index in [-0.39, 0.29) is 0 Å². The number of rotatable bonds is 4. The molecule has 8 aromatic rings. The molecule has 182 valence electrons. The van der Waals surface area contributed by atoms with E-state index in [1.807, 2.05) is 60.7 Å². The van der Waals surface area contributed by atoms with Gasteiger partial charge in [-0.2, -0.15) is 0 Å². The first-order valence-electron chi connectivity index (χ1n) is 13.1. The monoisotopic (exact) mass is 498 g/mol. The Bertz CT molecular complexity index is 1970. The van der Waals surface area contributed by atoms with Crippen LogP contribution in [0.4, 0.5) is 0 Å². The normalized spacial score (nSPS) is 11.6. The van der Waals surface area contributed by atoms with E-state index >= 15 is 0 Å². The third-order valence-electron chi connectivity index (χ3n) is 7.41. The highest BCUT2D eigenvalue weighted by Gasteiger charge is 2.17. The van der Waals surface area contributed by atoms with E-state index < -0.39 is 0 Å². The lowest BCUT2D eigenvalue weighted by atomic mass is 10.0. The van der Waals surface area contributed by atoms with Gasteiger partial charge in [-0.3, -0.25) is 0 Å². The lowest BCUT2D eigenvalue weighted by Gasteiger charge is -2.10. The molecule has 0 aliphatic heterocycles. The van der Waals surface area contributed by atoms with Gasteiger partial charge in [0.1, 0.15) is 0 Å². The number of hydrogen-bond acceptors (Lipinski definition) is 3.